The van der Waals surface area contributed by atoms with Crippen molar-refractivity contribution in [2.45, 2.75) is 31.6 Å². The number of alkyl halides is 1. The van der Waals surface area contributed by atoms with Gasteiger partial charge < -0.3 is 9.42 Å². The quantitative estimate of drug-likeness (QED) is 0.710. The van der Waals surface area contributed by atoms with E-state index in [1.165, 1.54) is 25.7 Å². The Morgan fingerprint density at radius 1 is 1.21 bits per heavy atom. The summed E-state index contributed by atoms with van der Waals surface area (Å²) in [5.74, 6) is 1.49. The molecule has 1 aromatic rings. The van der Waals surface area contributed by atoms with Gasteiger partial charge in [-0.2, -0.15) is 4.98 Å². The Bertz CT molecular complexity index is 281. The van der Waals surface area contributed by atoms with Crippen LogP contribution in [0.3, 0.4) is 0 Å². The normalized spacial score (nSPS) is 18.2. The number of halogens is 1. The second-order valence-corrected chi connectivity index (χ2v) is 3.79. The van der Waals surface area contributed by atoms with Gasteiger partial charge in [0.25, 0.3) is 5.95 Å². The Labute approximate surface area is 88.2 Å². The molecule has 14 heavy (non-hydrogen) atoms. The Morgan fingerprint density at radius 2 is 1.93 bits per heavy atom. The lowest BCUT2D eigenvalue weighted by Crippen LogP contribution is -2.24. The van der Waals surface area contributed by atoms with E-state index in [-0.39, 0.29) is 0 Å². The smallest absolute Gasteiger partial charge is 0.266 e. The van der Waals surface area contributed by atoms with Gasteiger partial charge in [0.1, 0.15) is 5.88 Å². The molecular weight excluding hydrogens is 202 g/mol. The van der Waals surface area contributed by atoms with Gasteiger partial charge >= 0.3 is 0 Å². The molecule has 0 atom stereocenters. The van der Waals surface area contributed by atoms with Crippen molar-refractivity contribution >= 4 is 17.5 Å². The third-order valence-corrected chi connectivity index (χ3v) is 2.69. The number of aromatic nitrogens is 2. The molecule has 0 aromatic carbocycles. The molecule has 1 saturated heterocycles. The molecule has 1 aliphatic rings. The van der Waals surface area contributed by atoms with Crippen molar-refractivity contribution in [2.24, 2.45) is 0 Å². The highest BCUT2D eigenvalue weighted by molar-refractivity contribution is 6.16. The van der Waals surface area contributed by atoms with Crippen LogP contribution in [0.1, 0.15) is 31.6 Å². The van der Waals surface area contributed by atoms with Crippen LogP contribution >= 0.6 is 11.6 Å². The monoisotopic (exact) mass is 215 g/mol. The molecule has 4 nitrogen and oxygen atoms in total. The van der Waals surface area contributed by atoms with Crippen molar-refractivity contribution in [3.63, 3.8) is 0 Å². The predicted octanol–water partition coefficient (Wildman–Crippen LogP) is 2.19. The summed E-state index contributed by atoms with van der Waals surface area (Å²) in [6.07, 6.45) is 5.03. The number of hydrogen-bond donors (Lipinski definition) is 0. The first-order chi connectivity index (χ1) is 6.90. The lowest BCUT2D eigenvalue weighted by atomic mass is 10.2. The van der Waals surface area contributed by atoms with Crippen LogP contribution in [0.4, 0.5) is 5.95 Å². The molecule has 0 saturated carbocycles. The van der Waals surface area contributed by atoms with Gasteiger partial charge in [0.05, 0.1) is 0 Å². The SMILES string of the molecule is ClCc1nc(N2CCCCCC2)no1. The molecule has 0 amide bonds. The van der Waals surface area contributed by atoms with Crippen molar-refractivity contribution in [1.82, 2.24) is 10.1 Å². The van der Waals surface area contributed by atoms with Gasteiger partial charge in [0, 0.05) is 13.1 Å². The maximum absolute atomic E-state index is 5.60. The van der Waals surface area contributed by atoms with Crippen LogP contribution in [-0.4, -0.2) is 23.2 Å². The van der Waals surface area contributed by atoms with Crippen LogP contribution < -0.4 is 4.90 Å². The van der Waals surface area contributed by atoms with E-state index < -0.39 is 0 Å². The van der Waals surface area contributed by atoms with Crippen LogP contribution in [0.2, 0.25) is 0 Å². The largest absolute Gasteiger partial charge is 0.338 e. The first-order valence-electron chi connectivity index (χ1n) is 5.03. The summed E-state index contributed by atoms with van der Waals surface area (Å²) in [6.45, 7) is 2.06. The summed E-state index contributed by atoms with van der Waals surface area (Å²) >= 11 is 5.60. The van der Waals surface area contributed by atoms with Crippen molar-refractivity contribution in [3.8, 4) is 0 Å². The first-order valence-corrected chi connectivity index (χ1v) is 5.57. The van der Waals surface area contributed by atoms with Gasteiger partial charge in [-0.3, -0.25) is 0 Å². The molecule has 1 aromatic heterocycles. The molecule has 2 heterocycles. The number of nitrogens with zero attached hydrogens (tertiary/aromatic N) is 3. The maximum atomic E-state index is 5.60. The summed E-state index contributed by atoms with van der Waals surface area (Å²) in [5, 5.41) is 3.91. The van der Waals surface area contributed by atoms with Crippen molar-refractivity contribution in [1.29, 1.82) is 0 Å². The van der Waals surface area contributed by atoms with E-state index in [1.54, 1.807) is 0 Å². The minimum Gasteiger partial charge on any atom is -0.338 e. The van der Waals surface area contributed by atoms with Crippen LogP contribution in [0.25, 0.3) is 0 Å². The van der Waals surface area contributed by atoms with Gasteiger partial charge in [-0.15, -0.1) is 11.6 Å². The molecule has 5 heteroatoms. The van der Waals surface area contributed by atoms with Crippen molar-refractivity contribution < 1.29 is 4.52 Å². The van der Waals surface area contributed by atoms with Gasteiger partial charge in [-0.1, -0.05) is 12.8 Å². The second kappa shape index (κ2) is 4.64. The minimum absolute atomic E-state index is 0.292. The highest BCUT2D eigenvalue weighted by Crippen LogP contribution is 2.16. The Kier molecular flexibility index (Phi) is 3.24. The number of anilines is 1. The topological polar surface area (TPSA) is 42.2 Å². The predicted molar refractivity (Wildman–Crippen MR) is 54.5 cm³/mol. The van der Waals surface area contributed by atoms with E-state index in [0.717, 1.165) is 13.1 Å². The molecule has 0 radical (unpaired) electrons. The van der Waals surface area contributed by atoms with Gasteiger partial charge in [-0.25, -0.2) is 0 Å². The van der Waals surface area contributed by atoms with Gasteiger partial charge in [0.15, 0.2) is 0 Å². The molecule has 1 fully saturated rings. The van der Waals surface area contributed by atoms with E-state index in [1.807, 2.05) is 0 Å². The first kappa shape index (κ1) is 9.77. The highest BCUT2D eigenvalue weighted by atomic mass is 35.5. The fourth-order valence-electron chi connectivity index (χ4n) is 1.70. The number of rotatable bonds is 2. The fourth-order valence-corrected chi connectivity index (χ4v) is 1.81. The standard InChI is InChI=1S/C9H14ClN3O/c10-7-8-11-9(12-14-8)13-5-3-1-2-4-6-13/h1-7H2. The fraction of sp³-hybridized carbons (Fsp3) is 0.778. The van der Waals surface area contributed by atoms with Gasteiger partial charge in [0.2, 0.25) is 5.89 Å². The highest BCUT2D eigenvalue weighted by Gasteiger charge is 2.15. The summed E-state index contributed by atoms with van der Waals surface area (Å²) in [5.41, 5.74) is 0. The summed E-state index contributed by atoms with van der Waals surface area (Å²) in [4.78, 5) is 6.38. The van der Waals surface area contributed by atoms with Crippen LogP contribution in [0, 0.1) is 0 Å². The lowest BCUT2D eigenvalue weighted by Gasteiger charge is -2.16. The average Bonchev–Trinajstić information content (AvgIpc) is 2.53. The summed E-state index contributed by atoms with van der Waals surface area (Å²) < 4.78 is 4.97. The average molecular weight is 216 g/mol. The zero-order chi connectivity index (χ0) is 9.80. The van der Waals surface area contributed by atoms with Crippen LogP contribution in [0.15, 0.2) is 4.52 Å². The number of hydrogen-bond acceptors (Lipinski definition) is 4. The molecular formula is C9H14ClN3O. The Hall–Kier alpha value is -0.770. The molecule has 0 aliphatic carbocycles. The third kappa shape index (κ3) is 2.18. The maximum Gasteiger partial charge on any atom is 0.266 e. The van der Waals surface area contributed by atoms with Crippen molar-refractivity contribution in [2.75, 3.05) is 18.0 Å². The van der Waals surface area contributed by atoms with Crippen molar-refractivity contribution in [3.05, 3.63) is 5.89 Å². The van der Waals surface area contributed by atoms with E-state index in [2.05, 4.69) is 15.0 Å². The molecule has 2 rings (SSSR count). The van der Waals surface area contributed by atoms with E-state index in [0.29, 0.717) is 17.7 Å². The lowest BCUT2D eigenvalue weighted by molar-refractivity contribution is 0.389. The van der Waals surface area contributed by atoms with E-state index in [4.69, 9.17) is 16.1 Å². The molecule has 0 unspecified atom stereocenters. The zero-order valence-electron chi connectivity index (χ0n) is 8.08. The molecule has 78 valence electrons. The second-order valence-electron chi connectivity index (χ2n) is 3.52. The minimum atomic E-state index is 0.292. The van der Waals surface area contributed by atoms with Crippen LogP contribution in [0.5, 0.6) is 0 Å². The summed E-state index contributed by atoms with van der Waals surface area (Å²) in [7, 11) is 0. The zero-order valence-corrected chi connectivity index (χ0v) is 8.83. The molecule has 0 spiro atoms. The molecule has 1 aliphatic heterocycles. The summed E-state index contributed by atoms with van der Waals surface area (Å²) in [6, 6.07) is 0. The van der Waals surface area contributed by atoms with E-state index in [9.17, 15) is 0 Å². The third-order valence-electron chi connectivity index (χ3n) is 2.46. The van der Waals surface area contributed by atoms with Crippen LogP contribution in [-0.2, 0) is 5.88 Å². The Morgan fingerprint density at radius 3 is 2.50 bits per heavy atom. The molecule has 0 N–H and O–H groups in total. The molecule has 0 bridgehead atoms. The Balaban J connectivity index is 2.04. The van der Waals surface area contributed by atoms with E-state index >= 15 is 0 Å². The van der Waals surface area contributed by atoms with Gasteiger partial charge in [-0.05, 0) is 18.0 Å².